The molecule has 0 fully saturated rings. The van der Waals surface area contributed by atoms with Gasteiger partial charge in [0, 0.05) is 25.7 Å². The minimum Gasteiger partial charge on any atom is -0.367 e. The molecule has 0 amide bonds. The monoisotopic (exact) mass is 265 g/mol. The van der Waals surface area contributed by atoms with Gasteiger partial charge in [-0.1, -0.05) is 19.8 Å². The number of rotatable bonds is 9. The predicted molar refractivity (Wildman–Crippen MR) is 81.6 cm³/mol. The summed E-state index contributed by atoms with van der Waals surface area (Å²) >= 11 is 0. The molecule has 1 aromatic rings. The van der Waals surface area contributed by atoms with Crippen molar-refractivity contribution < 1.29 is 0 Å². The molecular weight excluding hydrogens is 238 g/mol. The van der Waals surface area contributed by atoms with Gasteiger partial charge in [0.25, 0.3) is 0 Å². The molecule has 1 heterocycles. The molecular formula is C14H27N5. The minimum atomic E-state index is 0.332. The van der Waals surface area contributed by atoms with E-state index in [9.17, 15) is 0 Å². The molecule has 0 bridgehead atoms. The Hall–Kier alpha value is -1.36. The Morgan fingerprint density at radius 1 is 1.37 bits per heavy atom. The highest BCUT2D eigenvalue weighted by molar-refractivity contribution is 5.48. The zero-order chi connectivity index (χ0) is 14.1. The average molecular weight is 265 g/mol. The molecule has 0 aliphatic carbocycles. The number of hydrogen-bond acceptors (Lipinski definition) is 5. The highest BCUT2D eigenvalue weighted by Gasteiger charge is 2.06. The van der Waals surface area contributed by atoms with Gasteiger partial charge in [-0.25, -0.2) is 9.97 Å². The lowest BCUT2D eigenvalue weighted by Gasteiger charge is -2.19. The fraction of sp³-hybridized carbons (Fsp3) is 0.714. The Morgan fingerprint density at radius 3 is 2.84 bits per heavy atom. The number of unbranched alkanes of at least 4 members (excludes halogenated alkanes) is 2. The van der Waals surface area contributed by atoms with Crippen molar-refractivity contribution in [2.24, 2.45) is 5.73 Å². The molecule has 0 aromatic carbocycles. The third-order valence-electron chi connectivity index (χ3n) is 3.13. The first-order chi connectivity index (χ1) is 9.17. The van der Waals surface area contributed by atoms with Crippen molar-refractivity contribution in [1.29, 1.82) is 0 Å². The van der Waals surface area contributed by atoms with Gasteiger partial charge in [0.2, 0.25) is 0 Å². The van der Waals surface area contributed by atoms with Crippen molar-refractivity contribution in [3.05, 3.63) is 12.4 Å². The van der Waals surface area contributed by atoms with Crippen LogP contribution in [0.1, 0.15) is 39.5 Å². The normalized spacial score (nSPS) is 12.2. The smallest absolute Gasteiger partial charge is 0.133 e. The second-order valence-electron chi connectivity index (χ2n) is 5.01. The minimum absolute atomic E-state index is 0.332. The Morgan fingerprint density at radius 2 is 2.16 bits per heavy atom. The molecule has 1 rings (SSSR count). The zero-order valence-electron chi connectivity index (χ0n) is 12.4. The molecule has 0 saturated heterocycles. The van der Waals surface area contributed by atoms with Crippen molar-refractivity contribution in [2.75, 3.05) is 30.4 Å². The Labute approximate surface area is 116 Å². The van der Waals surface area contributed by atoms with Crippen LogP contribution in [0.25, 0.3) is 0 Å². The molecule has 1 unspecified atom stereocenters. The van der Waals surface area contributed by atoms with Gasteiger partial charge in [0.1, 0.15) is 18.0 Å². The molecule has 1 atom stereocenters. The van der Waals surface area contributed by atoms with E-state index in [1.807, 2.05) is 6.07 Å². The number of anilines is 2. The number of aromatic nitrogens is 2. The molecule has 108 valence electrons. The summed E-state index contributed by atoms with van der Waals surface area (Å²) in [6.07, 6.45) is 6.24. The SMILES string of the molecule is CCCCCN(C)c1cc(NC(C)CCN)ncn1. The first-order valence-electron chi connectivity index (χ1n) is 7.17. The summed E-state index contributed by atoms with van der Waals surface area (Å²) in [4.78, 5) is 10.7. The second kappa shape index (κ2) is 8.69. The summed E-state index contributed by atoms with van der Waals surface area (Å²) in [5.41, 5.74) is 5.55. The topological polar surface area (TPSA) is 67.1 Å². The van der Waals surface area contributed by atoms with Gasteiger partial charge in [0.05, 0.1) is 0 Å². The van der Waals surface area contributed by atoms with Crippen LogP contribution in [0.3, 0.4) is 0 Å². The largest absolute Gasteiger partial charge is 0.367 e. The fourth-order valence-electron chi connectivity index (χ4n) is 1.92. The first-order valence-corrected chi connectivity index (χ1v) is 7.17. The van der Waals surface area contributed by atoms with Crippen molar-refractivity contribution in [2.45, 2.75) is 45.6 Å². The molecule has 3 N–H and O–H groups in total. The van der Waals surface area contributed by atoms with Gasteiger partial charge in [0.15, 0.2) is 0 Å². The quantitative estimate of drug-likeness (QED) is 0.670. The highest BCUT2D eigenvalue weighted by atomic mass is 15.2. The summed E-state index contributed by atoms with van der Waals surface area (Å²) in [7, 11) is 2.07. The van der Waals surface area contributed by atoms with Gasteiger partial charge in [-0.2, -0.15) is 0 Å². The molecule has 1 aromatic heterocycles. The van der Waals surface area contributed by atoms with Crippen LogP contribution in [0.5, 0.6) is 0 Å². The van der Waals surface area contributed by atoms with E-state index in [0.717, 1.165) is 24.6 Å². The summed E-state index contributed by atoms with van der Waals surface area (Å²) < 4.78 is 0. The summed E-state index contributed by atoms with van der Waals surface area (Å²) in [5, 5.41) is 3.35. The van der Waals surface area contributed by atoms with Crippen molar-refractivity contribution in [3.8, 4) is 0 Å². The van der Waals surface area contributed by atoms with Crippen LogP contribution in [-0.2, 0) is 0 Å². The lowest BCUT2D eigenvalue weighted by atomic mass is 10.2. The van der Waals surface area contributed by atoms with Crippen LogP contribution in [0.4, 0.5) is 11.6 Å². The molecule has 0 aliphatic rings. The molecule has 19 heavy (non-hydrogen) atoms. The standard InChI is InChI=1S/C14H27N5/c1-4-5-6-9-19(3)14-10-13(16-11-17-14)18-12(2)7-8-15/h10-12H,4-9,15H2,1-3H3,(H,16,17,18). The van der Waals surface area contributed by atoms with E-state index in [1.54, 1.807) is 6.33 Å². The third-order valence-corrected chi connectivity index (χ3v) is 3.13. The van der Waals surface area contributed by atoms with Crippen LogP contribution < -0.4 is 16.0 Å². The van der Waals surface area contributed by atoms with E-state index < -0.39 is 0 Å². The molecule has 0 radical (unpaired) electrons. The lowest BCUT2D eigenvalue weighted by molar-refractivity contribution is 0.699. The maximum atomic E-state index is 5.55. The van der Waals surface area contributed by atoms with Crippen LogP contribution >= 0.6 is 0 Å². The van der Waals surface area contributed by atoms with E-state index >= 15 is 0 Å². The van der Waals surface area contributed by atoms with Crippen LogP contribution in [0.15, 0.2) is 12.4 Å². The third kappa shape index (κ3) is 5.87. The van der Waals surface area contributed by atoms with Crippen LogP contribution in [0, 0.1) is 0 Å². The Kier molecular flexibility index (Phi) is 7.18. The number of nitrogens with zero attached hydrogens (tertiary/aromatic N) is 3. The summed E-state index contributed by atoms with van der Waals surface area (Å²) in [6.45, 7) is 6.04. The second-order valence-corrected chi connectivity index (χ2v) is 5.01. The highest BCUT2D eigenvalue weighted by Crippen LogP contribution is 2.14. The number of nitrogens with one attached hydrogen (secondary N) is 1. The summed E-state index contributed by atoms with van der Waals surface area (Å²) in [6, 6.07) is 2.33. The van der Waals surface area contributed by atoms with E-state index in [2.05, 4.69) is 41.1 Å². The van der Waals surface area contributed by atoms with Crippen molar-refractivity contribution >= 4 is 11.6 Å². The number of hydrogen-bond donors (Lipinski definition) is 2. The lowest BCUT2D eigenvalue weighted by Crippen LogP contribution is -2.22. The van der Waals surface area contributed by atoms with E-state index in [1.165, 1.54) is 19.3 Å². The molecule has 0 spiro atoms. The van der Waals surface area contributed by atoms with Gasteiger partial charge in [-0.3, -0.25) is 0 Å². The van der Waals surface area contributed by atoms with Gasteiger partial charge < -0.3 is 16.0 Å². The van der Waals surface area contributed by atoms with Gasteiger partial charge in [-0.05, 0) is 26.3 Å². The van der Waals surface area contributed by atoms with Crippen molar-refractivity contribution in [1.82, 2.24) is 9.97 Å². The molecule has 5 heteroatoms. The van der Waals surface area contributed by atoms with E-state index in [0.29, 0.717) is 12.6 Å². The van der Waals surface area contributed by atoms with Gasteiger partial charge >= 0.3 is 0 Å². The maximum Gasteiger partial charge on any atom is 0.133 e. The fourth-order valence-corrected chi connectivity index (χ4v) is 1.92. The Balaban J connectivity index is 2.55. The zero-order valence-corrected chi connectivity index (χ0v) is 12.4. The van der Waals surface area contributed by atoms with Gasteiger partial charge in [-0.15, -0.1) is 0 Å². The molecule has 5 nitrogen and oxygen atoms in total. The molecule has 0 saturated carbocycles. The number of nitrogens with two attached hydrogens (primary N) is 1. The maximum absolute atomic E-state index is 5.55. The Bertz CT molecular complexity index is 355. The first kappa shape index (κ1) is 15.7. The molecule has 0 aliphatic heterocycles. The van der Waals surface area contributed by atoms with Crippen LogP contribution in [0.2, 0.25) is 0 Å². The van der Waals surface area contributed by atoms with E-state index in [-0.39, 0.29) is 0 Å². The van der Waals surface area contributed by atoms with E-state index in [4.69, 9.17) is 5.73 Å². The van der Waals surface area contributed by atoms with Crippen molar-refractivity contribution in [3.63, 3.8) is 0 Å². The van der Waals surface area contributed by atoms with Crippen LogP contribution in [-0.4, -0.2) is 36.1 Å². The average Bonchev–Trinajstić information content (AvgIpc) is 2.39. The summed E-state index contributed by atoms with van der Waals surface area (Å²) in [5.74, 6) is 1.84. The predicted octanol–water partition coefficient (Wildman–Crippen LogP) is 2.25.